The first-order valence-corrected chi connectivity index (χ1v) is 7.45. The summed E-state index contributed by atoms with van der Waals surface area (Å²) < 4.78 is 23.6. The van der Waals surface area contributed by atoms with Crippen LogP contribution in [0.2, 0.25) is 0 Å². The lowest BCUT2D eigenvalue weighted by atomic mass is 10.5. The Hall–Kier alpha value is -1.03. The van der Waals surface area contributed by atoms with Gasteiger partial charge in [-0.05, 0) is 11.4 Å². The summed E-state index contributed by atoms with van der Waals surface area (Å²) in [4.78, 5) is 0. The lowest BCUT2D eigenvalue weighted by Gasteiger charge is -2.15. The van der Waals surface area contributed by atoms with Crippen LogP contribution in [-0.2, 0) is 13.6 Å². The van der Waals surface area contributed by atoms with Crippen LogP contribution < -0.4 is 4.62 Å². The van der Waals surface area contributed by atoms with Gasteiger partial charge >= 0.3 is 7.60 Å². The van der Waals surface area contributed by atoms with E-state index >= 15 is 0 Å². The average molecular weight is 268 g/mol. The molecule has 0 saturated carbocycles. The van der Waals surface area contributed by atoms with Crippen LogP contribution in [0, 0.1) is 24.7 Å². The van der Waals surface area contributed by atoms with Gasteiger partial charge < -0.3 is 9.05 Å². The highest BCUT2D eigenvalue weighted by molar-refractivity contribution is 7.68. The van der Waals surface area contributed by atoms with Gasteiger partial charge in [0.2, 0.25) is 0 Å². The molecule has 0 saturated heterocycles. The summed E-state index contributed by atoms with van der Waals surface area (Å²) in [5.74, 6) is 4.84. The molecule has 1 aromatic rings. The van der Waals surface area contributed by atoms with Crippen molar-refractivity contribution in [3.8, 4) is 24.7 Å². The topological polar surface area (TPSA) is 35.5 Å². The highest BCUT2D eigenvalue weighted by atomic mass is 32.1. The highest BCUT2D eigenvalue weighted by Gasteiger charge is 2.28. The van der Waals surface area contributed by atoms with Crippen molar-refractivity contribution in [2.45, 2.75) is 12.8 Å². The van der Waals surface area contributed by atoms with Gasteiger partial charge in [0.1, 0.15) is 4.62 Å². The molecule has 0 aromatic carbocycles. The van der Waals surface area contributed by atoms with E-state index in [0.29, 0.717) is 17.5 Å². The van der Waals surface area contributed by atoms with Gasteiger partial charge in [-0.3, -0.25) is 4.57 Å². The minimum absolute atomic E-state index is 0.210. The molecule has 0 spiro atoms. The van der Waals surface area contributed by atoms with Gasteiger partial charge in [0.15, 0.2) is 0 Å². The zero-order valence-electron chi connectivity index (χ0n) is 9.30. The Kier molecular flexibility index (Phi) is 6.05. The van der Waals surface area contributed by atoms with E-state index in [1.54, 1.807) is 12.1 Å². The number of hydrogen-bond donors (Lipinski definition) is 0. The van der Waals surface area contributed by atoms with Crippen LogP contribution in [0.1, 0.15) is 12.8 Å². The molecule has 3 nitrogen and oxygen atoms in total. The van der Waals surface area contributed by atoms with Crippen molar-refractivity contribution in [1.82, 2.24) is 0 Å². The van der Waals surface area contributed by atoms with Crippen LogP contribution in [0.15, 0.2) is 17.5 Å². The molecule has 1 aromatic heterocycles. The Balaban J connectivity index is 2.68. The lowest BCUT2D eigenvalue weighted by molar-refractivity contribution is 0.221. The van der Waals surface area contributed by atoms with E-state index < -0.39 is 7.60 Å². The summed E-state index contributed by atoms with van der Waals surface area (Å²) >= 11 is 1.33. The first kappa shape index (κ1) is 14.0. The van der Waals surface area contributed by atoms with E-state index in [0.717, 1.165) is 0 Å². The Labute approximate surface area is 106 Å². The molecule has 5 heteroatoms. The van der Waals surface area contributed by atoms with Crippen LogP contribution >= 0.6 is 18.9 Å². The number of terminal acetylenes is 2. The first-order chi connectivity index (χ1) is 8.23. The van der Waals surface area contributed by atoms with E-state index in [4.69, 9.17) is 21.9 Å². The molecule has 0 atom stereocenters. The van der Waals surface area contributed by atoms with E-state index in [9.17, 15) is 4.57 Å². The zero-order valence-corrected chi connectivity index (χ0v) is 11.0. The third kappa shape index (κ3) is 4.38. The minimum Gasteiger partial charge on any atom is -0.304 e. The zero-order chi connectivity index (χ0) is 12.6. The molecular formula is C12H13O3PS. The predicted octanol–water partition coefficient (Wildman–Crippen LogP) is 2.65. The van der Waals surface area contributed by atoms with Crippen molar-refractivity contribution in [3.63, 3.8) is 0 Å². The van der Waals surface area contributed by atoms with Crippen LogP contribution in [0.4, 0.5) is 0 Å². The number of thiophene rings is 1. The molecule has 0 N–H and O–H groups in total. The molecule has 17 heavy (non-hydrogen) atoms. The van der Waals surface area contributed by atoms with Crippen molar-refractivity contribution < 1.29 is 13.6 Å². The standard InChI is InChI=1S/C12H13O3PS/c1-3-5-9-14-16(13,15-10-6-4-2)12-8-7-11-17-12/h1-2,7-8,11H,5-6,9-10H2. The van der Waals surface area contributed by atoms with Crippen molar-refractivity contribution >= 4 is 23.6 Å². The summed E-state index contributed by atoms with van der Waals surface area (Å²) in [6.45, 7) is 0.420. The van der Waals surface area contributed by atoms with Crippen molar-refractivity contribution in [3.05, 3.63) is 17.5 Å². The fourth-order valence-electron chi connectivity index (χ4n) is 1.04. The molecule has 1 heterocycles. The third-order valence-electron chi connectivity index (χ3n) is 1.79. The Bertz CT molecular complexity index is 429. The van der Waals surface area contributed by atoms with Gasteiger partial charge in [-0.15, -0.1) is 36.0 Å². The Morgan fingerprint density at radius 1 is 1.24 bits per heavy atom. The monoisotopic (exact) mass is 268 g/mol. The maximum absolute atomic E-state index is 12.5. The summed E-state index contributed by atoms with van der Waals surface area (Å²) in [6.07, 6.45) is 11.0. The number of rotatable bonds is 7. The fourth-order valence-corrected chi connectivity index (χ4v) is 3.77. The smallest absolute Gasteiger partial charge is 0.304 e. The van der Waals surface area contributed by atoms with Gasteiger partial charge in [0.05, 0.1) is 13.2 Å². The number of hydrogen-bond acceptors (Lipinski definition) is 4. The Morgan fingerprint density at radius 3 is 2.24 bits per heavy atom. The van der Waals surface area contributed by atoms with Gasteiger partial charge in [-0.1, -0.05) is 6.07 Å². The van der Waals surface area contributed by atoms with Gasteiger partial charge in [-0.25, -0.2) is 0 Å². The van der Waals surface area contributed by atoms with E-state index in [1.807, 2.05) is 5.38 Å². The second-order valence-electron chi connectivity index (χ2n) is 3.02. The molecule has 1 rings (SSSR count). The molecule has 90 valence electrons. The third-order valence-corrected chi connectivity index (χ3v) is 5.18. The summed E-state index contributed by atoms with van der Waals surface area (Å²) in [5, 5.41) is 1.82. The molecule has 0 aliphatic rings. The van der Waals surface area contributed by atoms with E-state index in [1.165, 1.54) is 11.3 Å². The second-order valence-corrected chi connectivity index (χ2v) is 6.27. The molecule has 0 fully saturated rings. The van der Waals surface area contributed by atoms with Crippen molar-refractivity contribution in [2.75, 3.05) is 13.2 Å². The molecule has 0 bridgehead atoms. The summed E-state index contributed by atoms with van der Waals surface area (Å²) in [6, 6.07) is 3.51. The van der Waals surface area contributed by atoms with Crippen LogP contribution in [0.3, 0.4) is 0 Å². The molecule has 0 amide bonds. The van der Waals surface area contributed by atoms with Crippen molar-refractivity contribution in [2.24, 2.45) is 0 Å². The quantitative estimate of drug-likeness (QED) is 0.433. The normalized spacial score (nSPS) is 10.7. The second kappa shape index (κ2) is 7.33. The van der Waals surface area contributed by atoms with Crippen LogP contribution in [0.25, 0.3) is 0 Å². The molecule has 0 unspecified atom stereocenters. The maximum Gasteiger partial charge on any atom is 0.371 e. The van der Waals surface area contributed by atoms with Gasteiger partial charge in [0, 0.05) is 12.8 Å². The van der Waals surface area contributed by atoms with Gasteiger partial charge in [-0.2, -0.15) is 0 Å². The van der Waals surface area contributed by atoms with Crippen LogP contribution in [0.5, 0.6) is 0 Å². The fraction of sp³-hybridized carbons (Fsp3) is 0.333. The molecular weight excluding hydrogens is 255 g/mol. The SMILES string of the molecule is C#CCCOP(=O)(OCCC#C)c1cccs1. The Morgan fingerprint density at radius 2 is 1.82 bits per heavy atom. The summed E-state index contributed by atoms with van der Waals surface area (Å²) in [5.41, 5.74) is 0. The van der Waals surface area contributed by atoms with E-state index in [2.05, 4.69) is 11.8 Å². The molecule has 0 aliphatic carbocycles. The summed E-state index contributed by atoms with van der Waals surface area (Å²) in [7, 11) is -3.26. The predicted molar refractivity (Wildman–Crippen MR) is 70.4 cm³/mol. The largest absolute Gasteiger partial charge is 0.371 e. The minimum atomic E-state index is -3.26. The van der Waals surface area contributed by atoms with E-state index in [-0.39, 0.29) is 13.2 Å². The lowest BCUT2D eigenvalue weighted by Crippen LogP contribution is -2.08. The van der Waals surface area contributed by atoms with Gasteiger partial charge in [0.25, 0.3) is 0 Å². The average Bonchev–Trinajstić information content (AvgIpc) is 2.84. The van der Waals surface area contributed by atoms with Crippen molar-refractivity contribution in [1.29, 1.82) is 0 Å². The van der Waals surface area contributed by atoms with Crippen LogP contribution in [-0.4, -0.2) is 13.2 Å². The molecule has 0 radical (unpaired) electrons. The highest BCUT2D eigenvalue weighted by Crippen LogP contribution is 2.48. The molecule has 0 aliphatic heterocycles. The maximum atomic E-state index is 12.5. The first-order valence-electron chi connectivity index (χ1n) is 5.03.